The van der Waals surface area contributed by atoms with Crippen LogP contribution in [0.3, 0.4) is 0 Å². The monoisotopic (exact) mass is 252 g/mol. The van der Waals surface area contributed by atoms with Gasteiger partial charge in [-0.3, -0.25) is 9.36 Å². The van der Waals surface area contributed by atoms with E-state index < -0.39 is 25.8 Å². The second-order valence-electron chi connectivity index (χ2n) is 2.91. The highest BCUT2D eigenvalue weighted by atomic mass is 31.1. The maximum absolute atomic E-state index is 11.5. The quantitative estimate of drug-likeness (QED) is 0.502. The third-order valence-electron chi connectivity index (χ3n) is 1.45. The van der Waals surface area contributed by atoms with Gasteiger partial charge in [0, 0.05) is 6.92 Å². The van der Waals surface area contributed by atoms with Crippen molar-refractivity contribution in [3.8, 4) is 0 Å². The molecule has 0 aliphatic heterocycles. The molecule has 0 bridgehead atoms. The number of carbonyl (C=O) groups excluding carboxylic acids is 2. The maximum Gasteiger partial charge on any atom is 0.357 e. The minimum absolute atomic E-state index is 0.177. The van der Waals surface area contributed by atoms with Crippen molar-refractivity contribution in [2.24, 2.45) is 0 Å². The van der Waals surface area contributed by atoms with E-state index in [9.17, 15) is 14.2 Å². The fourth-order valence-electron chi connectivity index (χ4n) is 0.855. The van der Waals surface area contributed by atoms with E-state index in [1.54, 1.807) is 6.92 Å². The molecule has 6 nitrogen and oxygen atoms in total. The second kappa shape index (κ2) is 8.30. The Labute approximate surface area is 95.1 Å². The van der Waals surface area contributed by atoms with Crippen molar-refractivity contribution in [3.05, 3.63) is 0 Å². The molecule has 0 aromatic rings. The molecule has 0 aliphatic carbocycles. The molecule has 0 amide bonds. The van der Waals surface area contributed by atoms with Crippen LogP contribution in [0.1, 0.15) is 27.2 Å². The van der Waals surface area contributed by atoms with Gasteiger partial charge >= 0.3 is 11.9 Å². The molecule has 94 valence electrons. The zero-order valence-electron chi connectivity index (χ0n) is 9.65. The number of hydrogen-bond donors (Lipinski definition) is 0. The summed E-state index contributed by atoms with van der Waals surface area (Å²) < 4.78 is 25.6. The van der Waals surface area contributed by atoms with Crippen molar-refractivity contribution in [2.75, 3.05) is 13.2 Å². The first-order valence-corrected chi connectivity index (χ1v) is 6.42. The molecule has 0 aromatic carbocycles. The Morgan fingerprint density at radius 2 is 1.94 bits per heavy atom. The molecule has 0 spiro atoms. The molecule has 7 heteroatoms. The average molecular weight is 252 g/mol. The number of ether oxygens (including phenoxy) is 2. The van der Waals surface area contributed by atoms with Gasteiger partial charge in [-0.2, -0.15) is 0 Å². The Balaban J connectivity index is 4.46. The lowest BCUT2D eigenvalue weighted by Gasteiger charge is -2.14. The van der Waals surface area contributed by atoms with Crippen LogP contribution in [-0.2, 0) is 28.2 Å². The highest BCUT2D eigenvalue weighted by Crippen LogP contribution is 2.31. The fourth-order valence-corrected chi connectivity index (χ4v) is 1.83. The zero-order valence-corrected chi connectivity index (χ0v) is 10.6. The molecule has 0 saturated heterocycles. The minimum atomic E-state index is -2.77. The van der Waals surface area contributed by atoms with Crippen molar-refractivity contribution < 1.29 is 28.2 Å². The summed E-state index contributed by atoms with van der Waals surface area (Å²) in [6.07, 6.45) is 0.633. The van der Waals surface area contributed by atoms with Crippen LogP contribution in [0.4, 0.5) is 0 Å². The standard InChI is InChI=1S/C9H17O6P/c1-4-6-13-8(11)9(15-7(3)10)16(12)14-5-2/h9,16H,4-6H2,1-3H3. The summed E-state index contributed by atoms with van der Waals surface area (Å²) in [5, 5.41) is 0. The topological polar surface area (TPSA) is 78.9 Å². The number of esters is 2. The zero-order chi connectivity index (χ0) is 12.6. The predicted octanol–water partition coefficient (Wildman–Crippen LogP) is 1.34. The fraction of sp³-hybridized carbons (Fsp3) is 0.778. The molecule has 0 radical (unpaired) electrons. The van der Waals surface area contributed by atoms with Gasteiger partial charge < -0.3 is 14.0 Å². The Hall–Kier alpha value is -0.870. The third kappa shape index (κ3) is 5.88. The van der Waals surface area contributed by atoms with E-state index in [0.29, 0.717) is 6.42 Å². The molecule has 0 fully saturated rings. The Kier molecular flexibility index (Phi) is 7.85. The molecular weight excluding hydrogens is 235 g/mol. The normalized spacial score (nSPS) is 13.9. The van der Waals surface area contributed by atoms with Gasteiger partial charge in [-0.15, -0.1) is 0 Å². The summed E-state index contributed by atoms with van der Waals surface area (Å²) >= 11 is 0. The SMILES string of the molecule is CCCOC(=O)C(OC(C)=O)[PH](=O)OCC. The van der Waals surface area contributed by atoms with Crippen molar-refractivity contribution >= 4 is 20.0 Å². The Morgan fingerprint density at radius 1 is 1.31 bits per heavy atom. The van der Waals surface area contributed by atoms with Crippen LogP contribution in [0.5, 0.6) is 0 Å². The highest BCUT2D eigenvalue weighted by molar-refractivity contribution is 7.41. The lowest BCUT2D eigenvalue weighted by Crippen LogP contribution is -2.26. The van der Waals surface area contributed by atoms with Crippen LogP contribution >= 0.6 is 8.03 Å². The summed E-state index contributed by atoms with van der Waals surface area (Å²) in [6.45, 7) is 4.94. The first kappa shape index (κ1) is 15.1. The summed E-state index contributed by atoms with van der Waals surface area (Å²) in [4.78, 5) is 22.1. The van der Waals surface area contributed by atoms with E-state index >= 15 is 0 Å². The molecular formula is C9H17O6P. The van der Waals surface area contributed by atoms with Gasteiger partial charge in [-0.1, -0.05) is 6.92 Å². The van der Waals surface area contributed by atoms with Crippen LogP contribution in [-0.4, -0.2) is 31.0 Å². The first-order valence-electron chi connectivity index (χ1n) is 5.03. The largest absolute Gasteiger partial charge is 0.463 e. The minimum Gasteiger partial charge on any atom is -0.463 e. The molecule has 0 aromatic heterocycles. The van der Waals surface area contributed by atoms with Gasteiger partial charge in [0.2, 0.25) is 8.03 Å². The van der Waals surface area contributed by atoms with Crippen molar-refractivity contribution in [2.45, 2.75) is 33.0 Å². The van der Waals surface area contributed by atoms with Crippen LogP contribution in [0.15, 0.2) is 0 Å². The molecule has 0 N–H and O–H groups in total. The van der Waals surface area contributed by atoms with Gasteiger partial charge in [0.1, 0.15) is 0 Å². The third-order valence-corrected chi connectivity index (χ3v) is 2.80. The van der Waals surface area contributed by atoms with E-state index in [2.05, 4.69) is 4.74 Å². The molecule has 0 heterocycles. The second-order valence-corrected chi connectivity index (χ2v) is 4.36. The van der Waals surface area contributed by atoms with Gasteiger partial charge in [0.15, 0.2) is 0 Å². The van der Waals surface area contributed by atoms with Crippen molar-refractivity contribution in [1.82, 2.24) is 0 Å². The maximum atomic E-state index is 11.5. The predicted molar refractivity (Wildman–Crippen MR) is 57.4 cm³/mol. The molecule has 0 rings (SSSR count). The number of carbonyl (C=O) groups is 2. The number of rotatable bonds is 7. The first-order chi connectivity index (χ1) is 7.52. The van der Waals surface area contributed by atoms with E-state index in [1.807, 2.05) is 6.92 Å². The number of hydrogen-bond acceptors (Lipinski definition) is 6. The molecule has 16 heavy (non-hydrogen) atoms. The van der Waals surface area contributed by atoms with Crippen molar-refractivity contribution in [3.63, 3.8) is 0 Å². The molecule has 2 atom stereocenters. The van der Waals surface area contributed by atoms with Gasteiger partial charge in [-0.25, -0.2) is 4.79 Å². The van der Waals surface area contributed by atoms with Gasteiger partial charge in [0.05, 0.1) is 13.2 Å². The van der Waals surface area contributed by atoms with Crippen LogP contribution < -0.4 is 0 Å². The van der Waals surface area contributed by atoms with E-state index in [0.717, 1.165) is 6.92 Å². The summed E-state index contributed by atoms with van der Waals surface area (Å²) in [5.74, 6) is -2.96. The van der Waals surface area contributed by atoms with E-state index in [1.165, 1.54) is 0 Å². The average Bonchev–Trinajstić information content (AvgIpc) is 2.22. The summed E-state index contributed by atoms with van der Waals surface area (Å²) in [5.41, 5.74) is 0. The van der Waals surface area contributed by atoms with E-state index in [4.69, 9.17) is 9.26 Å². The van der Waals surface area contributed by atoms with Crippen LogP contribution in [0, 0.1) is 0 Å². The van der Waals surface area contributed by atoms with Gasteiger partial charge in [0.25, 0.3) is 5.85 Å². The van der Waals surface area contributed by atoms with Crippen molar-refractivity contribution in [1.29, 1.82) is 0 Å². The Morgan fingerprint density at radius 3 is 2.38 bits per heavy atom. The lowest BCUT2D eigenvalue weighted by molar-refractivity contribution is -0.161. The summed E-state index contributed by atoms with van der Waals surface area (Å²) in [7, 11) is -2.77. The highest BCUT2D eigenvalue weighted by Gasteiger charge is 2.30. The molecule has 0 saturated carbocycles. The lowest BCUT2D eigenvalue weighted by atomic mass is 10.5. The molecule has 0 aliphatic rings. The van der Waals surface area contributed by atoms with Crippen LogP contribution in [0.2, 0.25) is 0 Å². The van der Waals surface area contributed by atoms with E-state index in [-0.39, 0.29) is 13.2 Å². The van der Waals surface area contributed by atoms with Crippen LogP contribution in [0.25, 0.3) is 0 Å². The smallest absolute Gasteiger partial charge is 0.357 e. The summed E-state index contributed by atoms with van der Waals surface area (Å²) in [6, 6.07) is 0. The Bertz CT molecular complexity index is 265. The van der Waals surface area contributed by atoms with Gasteiger partial charge in [-0.05, 0) is 13.3 Å². The molecule has 2 unspecified atom stereocenters.